The highest BCUT2D eigenvalue weighted by Gasteiger charge is 2.37. The molecule has 0 saturated carbocycles. The van der Waals surface area contributed by atoms with Crippen LogP contribution in [0.15, 0.2) is 0 Å². The zero-order valence-electron chi connectivity index (χ0n) is 21.3. The van der Waals surface area contributed by atoms with E-state index in [0.29, 0.717) is 26.2 Å². The summed E-state index contributed by atoms with van der Waals surface area (Å²) in [6.45, 7) is 5.80. The lowest BCUT2D eigenvalue weighted by Crippen LogP contribution is -2.76. The Labute approximate surface area is 212 Å². The Morgan fingerprint density at radius 3 is 1.50 bits per heavy atom. The molecule has 1 saturated heterocycles. The fourth-order valence-corrected chi connectivity index (χ4v) is 4.09. The number of aliphatic carboxylic acids is 2. The summed E-state index contributed by atoms with van der Waals surface area (Å²) in [5.41, 5.74) is 10.1. The molecule has 14 heteroatoms. The number of nitrogens with two attached hydrogens (primary N) is 2. The number of nitrogens with one attached hydrogen (secondary N) is 6. The smallest absolute Gasteiger partial charge is 0.303 e. The van der Waals surface area contributed by atoms with Crippen molar-refractivity contribution in [3.63, 3.8) is 0 Å². The summed E-state index contributed by atoms with van der Waals surface area (Å²) in [6, 6.07) is 0. The summed E-state index contributed by atoms with van der Waals surface area (Å²) in [4.78, 5) is 46.8. The second-order valence-corrected chi connectivity index (χ2v) is 9.54. The van der Waals surface area contributed by atoms with E-state index in [9.17, 15) is 19.2 Å². The summed E-state index contributed by atoms with van der Waals surface area (Å²) < 4.78 is 0. The standard InChI is InChI=1S/C22H44N8O6/c1-15-9-25-13-21(11-23,29-17(31)5-3-7-19(33)34)27-16(2)28-22(12-24,14-26-10-15)30-18(32)6-4-8-20(35)36/h15-16,25-28H,3-14,23-24H2,1-2H3,(H,29,31)(H,30,32)(H,33,34)(H,35,36)/t15?,16-,21-,22+. The van der Waals surface area contributed by atoms with Crippen LogP contribution in [0.5, 0.6) is 0 Å². The lowest BCUT2D eigenvalue weighted by atomic mass is 10.0. The summed E-state index contributed by atoms with van der Waals surface area (Å²) in [5, 5.41) is 36.8. The van der Waals surface area contributed by atoms with Gasteiger partial charge < -0.3 is 42.9 Å². The largest absolute Gasteiger partial charge is 0.481 e. The van der Waals surface area contributed by atoms with Crippen LogP contribution >= 0.6 is 0 Å². The number of carbonyl (C=O) groups excluding carboxylic acids is 2. The van der Waals surface area contributed by atoms with E-state index in [2.05, 4.69) is 31.9 Å². The van der Waals surface area contributed by atoms with Crippen molar-refractivity contribution in [1.29, 1.82) is 0 Å². The Hall–Kier alpha value is -2.36. The molecule has 0 aromatic carbocycles. The number of hydrogen-bond donors (Lipinski definition) is 10. The van der Waals surface area contributed by atoms with Crippen molar-refractivity contribution in [2.24, 2.45) is 17.4 Å². The Kier molecular flexibility index (Phi) is 13.8. The van der Waals surface area contributed by atoms with Crippen LogP contribution in [0.1, 0.15) is 52.4 Å². The molecule has 4 atom stereocenters. The minimum absolute atomic E-state index is 0.0387. The normalized spacial score (nSPS) is 27.8. The quantitative estimate of drug-likeness (QED) is 0.129. The molecule has 1 aliphatic heterocycles. The Morgan fingerprint density at radius 2 is 1.17 bits per heavy atom. The van der Waals surface area contributed by atoms with Crippen LogP contribution in [0.4, 0.5) is 0 Å². The number of carboxylic acid groups (broad SMARTS) is 2. The van der Waals surface area contributed by atoms with Gasteiger partial charge in [0, 0.05) is 51.9 Å². The van der Waals surface area contributed by atoms with E-state index in [1.807, 2.05) is 6.92 Å². The molecule has 0 aliphatic carbocycles. The van der Waals surface area contributed by atoms with Crippen LogP contribution in [-0.2, 0) is 19.2 Å². The first kappa shape index (κ1) is 31.7. The second kappa shape index (κ2) is 15.7. The van der Waals surface area contributed by atoms with Crippen LogP contribution in [0.2, 0.25) is 0 Å². The number of amides is 2. The van der Waals surface area contributed by atoms with Crippen molar-refractivity contribution in [3.05, 3.63) is 0 Å². The third kappa shape index (κ3) is 12.1. The van der Waals surface area contributed by atoms with E-state index in [1.54, 1.807) is 6.92 Å². The third-order valence-electron chi connectivity index (χ3n) is 5.87. The van der Waals surface area contributed by atoms with Crippen LogP contribution in [0, 0.1) is 5.92 Å². The molecule has 0 bridgehead atoms. The molecule has 36 heavy (non-hydrogen) atoms. The van der Waals surface area contributed by atoms with Gasteiger partial charge in [0.25, 0.3) is 0 Å². The molecule has 0 aromatic rings. The van der Waals surface area contributed by atoms with Crippen molar-refractivity contribution in [3.8, 4) is 0 Å². The average Bonchev–Trinajstić information content (AvgIpc) is 2.77. The molecule has 12 N–H and O–H groups in total. The maximum atomic E-state index is 12.6. The van der Waals surface area contributed by atoms with Crippen LogP contribution in [-0.4, -0.2) is 90.7 Å². The Morgan fingerprint density at radius 1 is 0.778 bits per heavy atom. The van der Waals surface area contributed by atoms with Gasteiger partial charge in [-0.1, -0.05) is 6.92 Å². The molecular formula is C22H44N8O6. The number of carbonyl (C=O) groups is 4. The topological polar surface area (TPSA) is 233 Å². The fourth-order valence-electron chi connectivity index (χ4n) is 4.09. The molecule has 1 rings (SSSR count). The van der Waals surface area contributed by atoms with Gasteiger partial charge in [-0.25, -0.2) is 0 Å². The Balaban J connectivity index is 3.03. The zero-order valence-corrected chi connectivity index (χ0v) is 21.3. The maximum Gasteiger partial charge on any atom is 0.303 e. The maximum absolute atomic E-state index is 12.6. The van der Waals surface area contributed by atoms with E-state index < -0.39 is 29.4 Å². The highest BCUT2D eigenvalue weighted by molar-refractivity contribution is 5.78. The van der Waals surface area contributed by atoms with Crippen LogP contribution in [0.25, 0.3) is 0 Å². The van der Waals surface area contributed by atoms with E-state index in [-0.39, 0.29) is 69.3 Å². The van der Waals surface area contributed by atoms with Gasteiger partial charge in [-0.3, -0.25) is 29.8 Å². The first-order chi connectivity index (χ1) is 16.9. The third-order valence-corrected chi connectivity index (χ3v) is 5.87. The number of carboxylic acids is 2. The fraction of sp³-hybridized carbons (Fsp3) is 0.818. The molecule has 2 amide bonds. The molecular weight excluding hydrogens is 472 g/mol. The van der Waals surface area contributed by atoms with Gasteiger partial charge in [0.15, 0.2) is 0 Å². The van der Waals surface area contributed by atoms with Crippen molar-refractivity contribution >= 4 is 23.8 Å². The van der Waals surface area contributed by atoms with Gasteiger partial charge in [0.2, 0.25) is 11.8 Å². The van der Waals surface area contributed by atoms with Crippen molar-refractivity contribution in [2.45, 2.75) is 69.9 Å². The van der Waals surface area contributed by atoms with E-state index in [0.717, 1.165) is 0 Å². The highest BCUT2D eigenvalue weighted by Crippen LogP contribution is 2.08. The molecule has 1 heterocycles. The van der Waals surface area contributed by atoms with Gasteiger partial charge in [0.1, 0.15) is 11.3 Å². The first-order valence-corrected chi connectivity index (χ1v) is 12.4. The molecule has 208 valence electrons. The summed E-state index contributed by atoms with van der Waals surface area (Å²) in [7, 11) is 0. The molecule has 1 unspecified atom stereocenters. The van der Waals surface area contributed by atoms with Crippen molar-refractivity contribution < 1.29 is 29.4 Å². The SMILES string of the molecule is CC1CNC[C@@](CN)(NC(=O)CCCC(=O)O)N[C@@H](C)N[C@@](CN)(NC(=O)CCCC(=O)O)CNC1. The van der Waals surface area contributed by atoms with E-state index in [4.69, 9.17) is 21.7 Å². The van der Waals surface area contributed by atoms with Gasteiger partial charge in [-0.15, -0.1) is 0 Å². The number of hydrogen-bond acceptors (Lipinski definition) is 10. The minimum Gasteiger partial charge on any atom is -0.481 e. The summed E-state index contributed by atoms with van der Waals surface area (Å²) >= 11 is 0. The van der Waals surface area contributed by atoms with Crippen LogP contribution < -0.4 is 43.4 Å². The molecule has 0 radical (unpaired) electrons. The van der Waals surface area contributed by atoms with Gasteiger partial charge in [-0.2, -0.15) is 0 Å². The molecule has 14 nitrogen and oxygen atoms in total. The number of rotatable bonds is 12. The average molecular weight is 517 g/mol. The van der Waals surface area contributed by atoms with Gasteiger partial charge >= 0.3 is 11.9 Å². The predicted molar refractivity (Wildman–Crippen MR) is 133 cm³/mol. The Bertz CT molecular complexity index is 683. The lowest BCUT2D eigenvalue weighted by Gasteiger charge is -2.43. The predicted octanol–water partition coefficient (Wildman–Crippen LogP) is -2.61. The minimum atomic E-state index is -1.05. The molecule has 0 spiro atoms. The molecule has 1 fully saturated rings. The first-order valence-electron chi connectivity index (χ1n) is 12.4. The van der Waals surface area contributed by atoms with Crippen molar-refractivity contribution in [2.75, 3.05) is 39.3 Å². The van der Waals surface area contributed by atoms with Gasteiger partial charge in [-0.05, 0) is 38.8 Å². The lowest BCUT2D eigenvalue weighted by molar-refractivity contribution is -0.138. The second-order valence-electron chi connectivity index (χ2n) is 9.54. The van der Waals surface area contributed by atoms with Crippen molar-refractivity contribution in [1.82, 2.24) is 31.9 Å². The van der Waals surface area contributed by atoms with Crippen LogP contribution in [0.3, 0.4) is 0 Å². The monoisotopic (exact) mass is 516 g/mol. The summed E-state index contributed by atoms with van der Waals surface area (Å²) in [5.74, 6) is -2.40. The highest BCUT2D eigenvalue weighted by atomic mass is 16.4. The molecule has 0 aromatic heterocycles. The van der Waals surface area contributed by atoms with Gasteiger partial charge in [0.05, 0.1) is 6.17 Å². The van der Waals surface area contributed by atoms with E-state index in [1.165, 1.54) is 0 Å². The summed E-state index contributed by atoms with van der Waals surface area (Å²) in [6.07, 6.45) is -0.221. The zero-order chi connectivity index (χ0) is 27.2. The molecule has 1 aliphatic rings. The van der Waals surface area contributed by atoms with E-state index >= 15 is 0 Å².